The molecule has 4 amide bonds. The van der Waals surface area contributed by atoms with E-state index in [9.17, 15) is 23.2 Å². The monoisotopic (exact) mass is 443 g/mol. The Morgan fingerprint density at radius 2 is 1.81 bits per heavy atom. The van der Waals surface area contributed by atoms with Gasteiger partial charge < -0.3 is 15.1 Å². The number of rotatable bonds is 4. The van der Waals surface area contributed by atoms with E-state index in [0.29, 0.717) is 6.54 Å². The number of hydrazine groups is 1. The van der Waals surface area contributed by atoms with Crippen LogP contribution in [0.1, 0.15) is 11.1 Å². The third-order valence-electron chi connectivity index (χ3n) is 5.61. The fourth-order valence-electron chi connectivity index (χ4n) is 3.96. The zero-order chi connectivity index (χ0) is 22.8. The van der Waals surface area contributed by atoms with E-state index >= 15 is 0 Å². The Balaban J connectivity index is 1.52. The van der Waals surface area contributed by atoms with E-state index in [2.05, 4.69) is 5.32 Å². The number of piperazine rings is 1. The fraction of sp³-hybridized carbons (Fsp3) is 0.318. The third kappa shape index (κ3) is 4.40. The highest BCUT2D eigenvalue weighted by molar-refractivity contribution is 5.89. The van der Waals surface area contributed by atoms with Crippen LogP contribution >= 0.6 is 0 Å². The number of fused-ring (bicyclic) bond motifs is 1. The van der Waals surface area contributed by atoms with Crippen molar-refractivity contribution in [2.24, 2.45) is 0 Å². The highest BCUT2D eigenvalue weighted by Crippen LogP contribution is 2.23. The Bertz CT molecular complexity index is 1040. The van der Waals surface area contributed by atoms with Crippen molar-refractivity contribution < 1.29 is 23.2 Å². The van der Waals surface area contributed by atoms with E-state index < -0.39 is 23.8 Å². The Hall–Kier alpha value is -3.53. The number of nitrogens with one attached hydrogen (secondary N) is 1. The van der Waals surface area contributed by atoms with Gasteiger partial charge in [-0.3, -0.25) is 9.59 Å². The van der Waals surface area contributed by atoms with Crippen molar-refractivity contribution in [3.8, 4) is 0 Å². The second kappa shape index (κ2) is 8.91. The number of carbonyl (C=O) groups excluding carboxylic acids is 3. The number of benzene rings is 2. The van der Waals surface area contributed by atoms with Gasteiger partial charge in [-0.25, -0.2) is 23.6 Å². The molecule has 2 fully saturated rings. The molecule has 0 saturated carbocycles. The molecule has 32 heavy (non-hydrogen) atoms. The molecule has 0 spiro atoms. The lowest BCUT2D eigenvalue weighted by Gasteiger charge is -2.51. The standard InChI is InChI=1S/C22H23F2N5O3/c1-26-13-21(31)28-14-20(30)27(11-16-7-8-17(23)9-18(16)24)12-19(28)29(26)22(32)25-10-15-5-3-2-4-6-15/h2-9,19H,10-14H2,1H3,(H,25,32). The molecular formula is C22H23F2N5O3. The maximum atomic E-state index is 14.1. The summed E-state index contributed by atoms with van der Waals surface area (Å²) >= 11 is 0. The number of nitrogens with zero attached hydrogens (tertiary/aromatic N) is 4. The predicted octanol–water partition coefficient (Wildman–Crippen LogP) is 1.53. The SMILES string of the molecule is CN1CC(=O)N2CC(=O)N(Cc3ccc(F)cc3F)CC2N1C(=O)NCc1ccccc1. The van der Waals surface area contributed by atoms with Crippen molar-refractivity contribution >= 4 is 17.8 Å². The maximum Gasteiger partial charge on any atom is 0.334 e. The molecule has 1 N–H and O–H groups in total. The normalized spacial score (nSPS) is 19.2. The molecule has 2 aromatic rings. The summed E-state index contributed by atoms with van der Waals surface area (Å²) in [6.07, 6.45) is -0.738. The molecule has 2 aliphatic rings. The fourth-order valence-corrected chi connectivity index (χ4v) is 3.96. The maximum absolute atomic E-state index is 14.1. The molecule has 168 valence electrons. The average molecular weight is 443 g/mol. The van der Waals surface area contributed by atoms with E-state index in [1.54, 1.807) is 7.05 Å². The number of carbonyl (C=O) groups is 3. The molecule has 2 saturated heterocycles. The molecule has 2 aromatic carbocycles. The van der Waals surface area contributed by atoms with Gasteiger partial charge in [-0.15, -0.1) is 0 Å². The number of likely N-dealkylation sites (N-methyl/N-ethyl adjacent to an activating group) is 1. The smallest absolute Gasteiger partial charge is 0.333 e. The van der Waals surface area contributed by atoms with E-state index in [1.807, 2.05) is 30.3 Å². The first-order valence-corrected chi connectivity index (χ1v) is 10.2. The van der Waals surface area contributed by atoms with Gasteiger partial charge in [0.25, 0.3) is 0 Å². The van der Waals surface area contributed by atoms with Gasteiger partial charge in [0.1, 0.15) is 24.3 Å². The van der Waals surface area contributed by atoms with Gasteiger partial charge >= 0.3 is 6.03 Å². The Kier molecular flexibility index (Phi) is 6.04. The van der Waals surface area contributed by atoms with Gasteiger partial charge in [-0.05, 0) is 11.6 Å². The summed E-state index contributed by atoms with van der Waals surface area (Å²) < 4.78 is 27.4. The van der Waals surface area contributed by atoms with Crippen LogP contribution in [0.4, 0.5) is 13.6 Å². The second-order valence-corrected chi connectivity index (χ2v) is 7.82. The highest BCUT2D eigenvalue weighted by Gasteiger charge is 2.45. The van der Waals surface area contributed by atoms with Gasteiger partial charge in [0.15, 0.2) is 0 Å². The first kappa shape index (κ1) is 21.7. The van der Waals surface area contributed by atoms with E-state index in [0.717, 1.165) is 17.7 Å². The largest absolute Gasteiger partial charge is 0.334 e. The van der Waals surface area contributed by atoms with Gasteiger partial charge in [0.05, 0.1) is 13.1 Å². The molecule has 1 unspecified atom stereocenters. The third-order valence-corrected chi connectivity index (χ3v) is 5.61. The predicted molar refractivity (Wildman–Crippen MR) is 110 cm³/mol. The Labute approximate surface area is 184 Å². The van der Waals surface area contributed by atoms with Crippen molar-refractivity contribution in [2.75, 3.05) is 26.7 Å². The minimum Gasteiger partial charge on any atom is -0.333 e. The van der Waals surface area contributed by atoms with Crippen LogP contribution in [0.25, 0.3) is 0 Å². The van der Waals surface area contributed by atoms with Crippen molar-refractivity contribution in [1.82, 2.24) is 25.1 Å². The molecule has 1 atom stereocenters. The molecule has 0 aliphatic carbocycles. The van der Waals surface area contributed by atoms with E-state index in [-0.39, 0.29) is 43.6 Å². The van der Waals surface area contributed by atoms with E-state index in [1.165, 1.54) is 25.9 Å². The quantitative estimate of drug-likeness (QED) is 0.778. The molecule has 8 nitrogen and oxygen atoms in total. The summed E-state index contributed by atoms with van der Waals surface area (Å²) in [7, 11) is 1.62. The summed E-state index contributed by atoms with van der Waals surface area (Å²) in [6.45, 7) is -0.0526. The zero-order valence-electron chi connectivity index (χ0n) is 17.5. The van der Waals surface area contributed by atoms with Gasteiger partial charge in [0.2, 0.25) is 11.8 Å². The minimum atomic E-state index is -0.755. The number of hydrogen-bond acceptors (Lipinski definition) is 4. The minimum absolute atomic E-state index is 0.00445. The zero-order valence-corrected chi connectivity index (χ0v) is 17.5. The summed E-state index contributed by atoms with van der Waals surface area (Å²) in [6, 6.07) is 12.1. The first-order chi connectivity index (χ1) is 15.3. The van der Waals surface area contributed by atoms with Crippen LogP contribution in [0.2, 0.25) is 0 Å². The lowest BCUT2D eigenvalue weighted by molar-refractivity contribution is -0.178. The van der Waals surface area contributed by atoms with Crippen molar-refractivity contribution in [1.29, 1.82) is 0 Å². The number of hydrogen-bond donors (Lipinski definition) is 1. The van der Waals surface area contributed by atoms with Crippen LogP contribution in [0.3, 0.4) is 0 Å². The summed E-state index contributed by atoms with van der Waals surface area (Å²) in [5.41, 5.74) is 1.07. The molecular weight excluding hydrogens is 420 g/mol. The summed E-state index contributed by atoms with van der Waals surface area (Å²) in [5.74, 6) is -2.10. The molecule has 0 bridgehead atoms. The van der Waals surface area contributed by atoms with Crippen LogP contribution in [0, 0.1) is 11.6 Å². The highest BCUT2D eigenvalue weighted by atomic mass is 19.1. The van der Waals surface area contributed by atoms with Crippen molar-refractivity contribution in [2.45, 2.75) is 19.3 Å². The van der Waals surface area contributed by atoms with Crippen molar-refractivity contribution in [3.05, 3.63) is 71.3 Å². The molecule has 0 radical (unpaired) electrons. The van der Waals surface area contributed by atoms with Crippen LogP contribution in [0.5, 0.6) is 0 Å². The van der Waals surface area contributed by atoms with E-state index in [4.69, 9.17) is 0 Å². The summed E-state index contributed by atoms with van der Waals surface area (Å²) in [5, 5.41) is 5.76. The number of urea groups is 1. The van der Waals surface area contributed by atoms with Gasteiger partial charge in [-0.2, -0.15) is 0 Å². The molecule has 2 heterocycles. The lowest BCUT2D eigenvalue weighted by atomic mass is 10.1. The molecule has 10 heteroatoms. The van der Waals surface area contributed by atoms with Crippen molar-refractivity contribution in [3.63, 3.8) is 0 Å². The summed E-state index contributed by atoms with van der Waals surface area (Å²) in [4.78, 5) is 40.9. The Morgan fingerprint density at radius 1 is 1.06 bits per heavy atom. The van der Waals surface area contributed by atoms with Crippen LogP contribution in [0.15, 0.2) is 48.5 Å². The van der Waals surface area contributed by atoms with Gasteiger partial charge in [-0.1, -0.05) is 36.4 Å². The average Bonchev–Trinajstić information content (AvgIpc) is 2.76. The van der Waals surface area contributed by atoms with Crippen LogP contribution in [-0.4, -0.2) is 70.5 Å². The van der Waals surface area contributed by atoms with Crippen LogP contribution < -0.4 is 5.32 Å². The molecule has 4 rings (SSSR count). The Morgan fingerprint density at radius 3 is 2.53 bits per heavy atom. The lowest BCUT2D eigenvalue weighted by Crippen LogP contribution is -2.73. The number of amides is 4. The first-order valence-electron chi connectivity index (χ1n) is 10.2. The number of halogens is 2. The topological polar surface area (TPSA) is 76.2 Å². The molecule has 2 aliphatic heterocycles. The van der Waals surface area contributed by atoms with Gasteiger partial charge in [0, 0.05) is 31.8 Å². The second-order valence-electron chi connectivity index (χ2n) is 7.82. The van der Waals surface area contributed by atoms with Crippen LogP contribution in [-0.2, 0) is 22.7 Å². The molecule has 0 aromatic heterocycles.